The standard InChI is InChI=1S/C10H13NO4S/c1-16(12,13)11-9-4-2-3-5-10(9)15-7-8-6-14-8/h2-5,8,11H,6-7H2,1H3/t8-/m0/s1. The second-order valence-corrected chi connectivity index (χ2v) is 5.39. The number of rotatable bonds is 5. The van der Waals surface area contributed by atoms with E-state index in [0.717, 1.165) is 6.26 Å². The molecule has 1 aliphatic rings. The van der Waals surface area contributed by atoms with Gasteiger partial charge in [0.05, 0.1) is 18.6 Å². The summed E-state index contributed by atoms with van der Waals surface area (Å²) < 4.78 is 35.1. The molecule has 6 heteroatoms. The number of ether oxygens (including phenoxy) is 2. The lowest BCUT2D eigenvalue weighted by molar-refractivity contribution is 0.264. The summed E-state index contributed by atoms with van der Waals surface area (Å²) in [7, 11) is -3.28. The lowest BCUT2D eigenvalue weighted by Gasteiger charge is -2.10. The molecule has 1 N–H and O–H groups in total. The fourth-order valence-corrected chi connectivity index (χ4v) is 1.79. The van der Waals surface area contributed by atoms with Gasteiger partial charge in [-0.05, 0) is 12.1 Å². The van der Waals surface area contributed by atoms with Crippen molar-refractivity contribution in [2.24, 2.45) is 0 Å². The maximum atomic E-state index is 11.1. The minimum atomic E-state index is -3.28. The van der Waals surface area contributed by atoms with Gasteiger partial charge >= 0.3 is 0 Å². The van der Waals surface area contributed by atoms with E-state index in [0.29, 0.717) is 24.7 Å². The van der Waals surface area contributed by atoms with Crippen LogP contribution in [-0.2, 0) is 14.8 Å². The zero-order valence-corrected chi connectivity index (χ0v) is 9.66. The molecule has 1 aromatic rings. The Labute approximate surface area is 94.4 Å². The predicted molar refractivity (Wildman–Crippen MR) is 60.1 cm³/mol. The molecule has 0 aliphatic carbocycles. The quantitative estimate of drug-likeness (QED) is 0.778. The molecule has 5 nitrogen and oxygen atoms in total. The van der Waals surface area contributed by atoms with Crippen LogP contribution in [0.15, 0.2) is 24.3 Å². The van der Waals surface area contributed by atoms with Crippen molar-refractivity contribution in [1.82, 2.24) is 0 Å². The third kappa shape index (κ3) is 3.39. The minimum absolute atomic E-state index is 0.145. The summed E-state index contributed by atoms with van der Waals surface area (Å²) in [6, 6.07) is 6.91. The summed E-state index contributed by atoms with van der Waals surface area (Å²) in [4.78, 5) is 0. The molecule has 1 fully saturated rings. The van der Waals surface area contributed by atoms with E-state index in [4.69, 9.17) is 9.47 Å². The molecule has 0 radical (unpaired) electrons. The lowest BCUT2D eigenvalue weighted by Crippen LogP contribution is -2.12. The zero-order chi connectivity index (χ0) is 11.6. The molecular weight excluding hydrogens is 230 g/mol. The first-order valence-corrected chi connectivity index (χ1v) is 6.75. The average molecular weight is 243 g/mol. The van der Waals surface area contributed by atoms with Crippen LogP contribution >= 0.6 is 0 Å². The van der Waals surface area contributed by atoms with Crippen molar-refractivity contribution >= 4 is 15.7 Å². The van der Waals surface area contributed by atoms with Gasteiger partial charge in [0, 0.05) is 0 Å². The molecule has 0 aromatic heterocycles. The summed E-state index contributed by atoms with van der Waals surface area (Å²) in [6.45, 7) is 1.16. The molecule has 0 spiro atoms. The van der Waals surface area contributed by atoms with E-state index >= 15 is 0 Å². The van der Waals surface area contributed by atoms with Crippen molar-refractivity contribution in [3.63, 3.8) is 0 Å². The van der Waals surface area contributed by atoms with Crippen molar-refractivity contribution in [1.29, 1.82) is 0 Å². The van der Waals surface area contributed by atoms with Crippen LogP contribution in [0.1, 0.15) is 0 Å². The summed E-state index contributed by atoms with van der Waals surface area (Å²) >= 11 is 0. The highest BCUT2D eigenvalue weighted by atomic mass is 32.2. The molecule has 0 saturated carbocycles. The van der Waals surface area contributed by atoms with Gasteiger partial charge in [0.15, 0.2) is 0 Å². The minimum Gasteiger partial charge on any atom is -0.489 e. The molecule has 0 bridgehead atoms. The van der Waals surface area contributed by atoms with Gasteiger partial charge in [-0.2, -0.15) is 0 Å². The molecule has 88 valence electrons. The lowest BCUT2D eigenvalue weighted by atomic mass is 10.3. The molecule has 1 aromatic carbocycles. The fourth-order valence-electron chi connectivity index (χ4n) is 1.22. The Morgan fingerprint density at radius 3 is 2.81 bits per heavy atom. The van der Waals surface area contributed by atoms with Crippen LogP contribution in [0.25, 0.3) is 0 Å². The monoisotopic (exact) mass is 243 g/mol. The van der Waals surface area contributed by atoms with Crippen molar-refractivity contribution in [2.45, 2.75) is 6.10 Å². The first-order valence-electron chi connectivity index (χ1n) is 4.86. The van der Waals surface area contributed by atoms with Gasteiger partial charge in [0.2, 0.25) is 10.0 Å². The van der Waals surface area contributed by atoms with Crippen LogP contribution in [0, 0.1) is 0 Å². The Hall–Kier alpha value is -1.27. The van der Waals surface area contributed by atoms with Gasteiger partial charge in [-0.25, -0.2) is 8.42 Å². The summed E-state index contributed by atoms with van der Waals surface area (Å²) in [5, 5.41) is 0. The number of sulfonamides is 1. The van der Waals surface area contributed by atoms with Gasteiger partial charge in [-0.15, -0.1) is 0 Å². The highest BCUT2D eigenvalue weighted by Crippen LogP contribution is 2.25. The van der Waals surface area contributed by atoms with Crippen LogP contribution in [0.3, 0.4) is 0 Å². The number of nitrogens with one attached hydrogen (secondary N) is 1. The van der Waals surface area contributed by atoms with E-state index in [1.165, 1.54) is 0 Å². The van der Waals surface area contributed by atoms with Crippen molar-refractivity contribution < 1.29 is 17.9 Å². The molecular formula is C10H13NO4S. The molecule has 1 atom stereocenters. The molecule has 0 amide bonds. The van der Waals surface area contributed by atoms with Crippen LogP contribution in [0.4, 0.5) is 5.69 Å². The Bertz CT molecular complexity index is 467. The number of para-hydroxylation sites is 2. The van der Waals surface area contributed by atoms with E-state index in [9.17, 15) is 8.42 Å². The topological polar surface area (TPSA) is 67.9 Å². The summed E-state index contributed by atoms with van der Waals surface area (Å²) in [6.07, 6.45) is 1.25. The van der Waals surface area contributed by atoms with E-state index in [1.807, 2.05) is 0 Å². The number of hydrogen-bond acceptors (Lipinski definition) is 4. The second-order valence-electron chi connectivity index (χ2n) is 3.64. The predicted octanol–water partition coefficient (Wildman–Crippen LogP) is 0.836. The van der Waals surface area contributed by atoms with Crippen LogP contribution in [0.5, 0.6) is 5.75 Å². The Kier molecular flexibility index (Phi) is 3.02. The number of hydrogen-bond donors (Lipinski definition) is 1. The van der Waals surface area contributed by atoms with Gasteiger partial charge in [-0.1, -0.05) is 12.1 Å². The first kappa shape index (κ1) is 11.2. The SMILES string of the molecule is CS(=O)(=O)Nc1ccccc1OC[C@@H]1CO1. The van der Waals surface area contributed by atoms with E-state index < -0.39 is 10.0 Å². The molecule has 16 heavy (non-hydrogen) atoms. The van der Waals surface area contributed by atoms with Crippen LogP contribution < -0.4 is 9.46 Å². The van der Waals surface area contributed by atoms with E-state index in [-0.39, 0.29) is 6.10 Å². The fraction of sp³-hybridized carbons (Fsp3) is 0.400. The normalized spacial score (nSPS) is 19.2. The first-order chi connectivity index (χ1) is 7.54. The molecule has 0 unspecified atom stereocenters. The number of benzene rings is 1. The molecule has 1 aliphatic heterocycles. The zero-order valence-electron chi connectivity index (χ0n) is 8.84. The molecule has 2 rings (SSSR count). The highest BCUT2D eigenvalue weighted by molar-refractivity contribution is 7.92. The molecule has 1 heterocycles. The Morgan fingerprint density at radius 1 is 1.50 bits per heavy atom. The maximum Gasteiger partial charge on any atom is 0.229 e. The summed E-state index contributed by atoms with van der Waals surface area (Å²) in [5.74, 6) is 0.517. The van der Waals surface area contributed by atoms with Crippen molar-refractivity contribution in [3.8, 4) is 5.75 Å². The average Bonchev–Trinajstić information content (AvgIpc) is 2.98. The third-order valence-electron chi connectivity index (χ3n) is 2.01. The largest absolute Gasteiger partial charge is 0.489 e. The van der Waals surface area contributed by atoms with Crippen LogP contribution in [0.2, 0.25) is 0 Å². The number of anilines is 1. The van der Waals surface area contributed by atoms with Gasteiger partial charge < -0.3 is 9.47 Å². The van der Waals surface area contributed by atoms with E-state index in [1.54, 1.807) is 24.3 Å². The maximum absolute atomic E-state index is 11.1. The highest BCUT2D eigenvalue weighted by Gasteiger charge is 2.23. The van der Waals surface area contributed by atoms with E-state index in [2.05, 4.69) is 4.72 Å². The van der Waals surface area contributed by atoms with Gasteiger partial charge in [-0.3, -0.25) is 4.72 Å². The molecule has 1 saturated heterocycles. The van der Waals surface area contributed by atoms with Crippen molar-refractivity contribution in [2.75, 3.05) is 24.2 Å². The third-order valence-corrected chi connectivity index (χ3v) is 2.60. The Balaban J connectivity index is 2.09. The smallest absolute Gasteiger partial charge is 0.229 e. The summed E-state index contributed by atoms with van der Waals surface area (Å²) in [5.41, 5.74) is 0.450. The Morgan fingerprint density at radius 2 is 2.19 bits per heavy atom. The second kappa shape index (κ2) is 4.31. The van der Waals surface area contributed by atoms with Crippen LogP contribution in [-0.4, -0.2) is 34.0 Å². The van der Waals surface area contributed by atoms with Gasteiger partial charge in [0.1, 0.15) is 18.5 Å². The number of epoxide rings is 1. The van der Waals surface area contributed by atoms with Crippen molar-refractivity contribution in [3.05, 3.63) is 24.3 Å². The van der Waals surface area contributed by atoms with Gasteiger partial charge in [0.25, 0.3) is 0 Å².